The Bertz CT molecular complexity index is 476. The van der Waals surface area contributed by atoms with Gasteiger partial charge in [0.1, 0.15) is 24.4 Å². The Morgan fingerprint density at radius 2 is 1.87 bits per heavy atom. The van der Waals surface area contributed by atoms with Crippen molar-refractivity contribution in [3.63, 3.8) is 0 Å². The quantitative estimate of drug-likeness (QED) is 0.383. The summed E-state index contributed by atoms with van der Waals surface area (Å²) in [4.78, 5) is 0. The maximum absolute atomic E-state index is 10.0. The van der Waals surface area contributed by atoms with Gasteiger partial charge >= 0.3 is 0 Å². The van der Waals surface area contributed by atoms with Crippen molar-refractivity contribution in [1.82, 2.24) is 0 Å². The van der Waals surface area contributed by atoms with Crippen molar-refractivity contribution < 1.29 is 39.7 Å². The lowest BCUT2D eigenvalue weighted by Crippen LogP contribution is -2.60. The molecule has 0 aromatic heterocycles. The van der Waals surface area contributed by atoms with Crippen LogP contribution in [0.2, 0.25) is 0 Å². The average Bonchev–Trinajstić information content (AvgIpc) is 2.99. The molecule has 1 saturated heterocycles. The molecule has 0 bridgehead atoms. The Morgan fingerprint density at radius 3 is 2.57 bits per heavy atom. The third kappa shape index (κ3) is 3.03. The molecule has 0 unspecified atom stereocenters. The number of hydrogen-bond donors (Lipinski definition) is 5. The van der Waals surface area contributed by atoms with Gasteiger partial charge in [-0.05, 0) is 24.0 Å². The van der Waals surface area contributed by atoms with Gasteiger partial charge in [0.05, 0.1) is 25.4 Å². The molecule has 0 saturated carbocycles. The van der Waals surface area contributed by atoms with Crippen LogP contribution in [-0.2, 0) is 14.2 Å². The minimum atomic E-state index is -1.50. The van der Waals surface area contributed by atoms with E-state index in [0.717, 1.165) is 12.0 Å². The molecule has 5 N–H and O–H groups in total. The molecule has 23 heavy (non-hydrogen) atoms. The van der Waals surface area contributed by atoms with Gasteiger partial charge in [0, 0.05) is 0 Å². The molecule has 0 aromatic carbocycles. The average molecular weight is 330 g/mol. The van der Waals surface area contributed by atoms with Crippen LogP contribution < -0.4 is 0 Å². The van der Waals surface area contributed by atoms with Crippen molar-refractivity contribution >= 4 is 0 Å². The standard InChI is InChI=1S/C15H22O8/c16-5-8-2-1-7-3-4-21-14(10(7)8)23-15-13(20)12(19)11(18)9(6-17)22-15/h2-4,7,9-20H,1,5-6H2/t7-,9+,10+,11+,12-,13+,14+,15-/m1/s1. The van der Waals surface area contributed by atoms with Crippen LogP contribution in [0.5, 0.6) is 0 Å². The number of rotatable bonds is 4. The Balaban J connectivity index is 1.72. The Hall–Kier alpha value is -1.00. The minimum Gasteiger partial charge on any atom is -0.472 e. The van der Waals surface area contributed by atoms with Gasteiger partial charge in [-0.25, -0.2) is 0 Å². The largest absolute Gasteiger partial charge is 0.472 e. The smallest absolute Gasteiger partial charge is 0.208 e. The molecule has 8 nitrogen and oxygen atoms in total. The second-order valence-corrected chi connectivity index (χ2v) is 6.03. The first-order chi connectivity index (χ1) is 11.1. The summed E-state index contributed by atoms with van der Waals surface area (Å²) in [6.45, 7) is -0.642. The minimum absolute atomic E-state index is 0.118. The van der Waals surface area contributed by atoms with E-state index in [1.807, 2.05) is 12.2 Å². The van der Waals surface area contributed by atoms with Crippen LogP contribution in [0.15, 0.2) is 24.0 Å². The third-order valence-electron chi connectivity index (χ3n) is 4.67. The van der Waals surface area contributed by atoms with E-state index in [0.29, 0.717) is 0 Å². The number of fused-ring (bicyclic) bond motifs is 1. The lowest BCUT2D eigenvalue weighted by molar-refractivity contribution is -0.339. The van der Waals surface area contributed by atoms with Crippen LogP contribution in [0, 0.1) is 11.8 Å². The van der Waals surface area contributed by atoms with E-state index in [4.69, 9.17) is 14.2 Å². The summed E-state index contributed by atoms with van der Waals surface area (Å²) in [5, 5.41) is 48.3. The molecular formula is C15H22O8. The molecule has 1 aliphatic carbocycles. The third-order valence-corrected chi connectivity index (χ3v) is 4.67. The number of aliphatic hydroxyl groups is 5. The summed E-state index contributed by atoms with van der Waals surface area (Å²) in [7, 11) is 0. The van der Waals surface area contributed by atoms with Crippen molar-refractivity contribution in [3.05, 3.63) is 24.0 Å². The van der Waals surface area contributed by atoms with E-state index in [1.165, 1.54) is 6.26 Å². The van der Waals surface area contributed by atoms with E-state index < -0.39 is 43.6 Å². The number of aliphatic hydroxyl groups excluding tert-OH is 5. The number of allylic oxidation sites excluding steroid dienone is 2. The van der Waals surface area contributed by atoms with E-state index >= 15 is 0 Å². The van der Waals surface area contributed by atoms with E-state index in [2.05, 4.69) is 0 Å². The zero-order valence-corrected chi connectivity index (χ0v) is 12.4. The molecule has 2 heterocycles. The van der Waals surface area contributed by atoms with Crippen LogP contribution in [-0.4, -0.2) is 75.7 Å². The van der Waals surface area contributed by atoms with E-state index in [9.17, 15) is 25.5 Å². The van der Waals surface area contributed by atoms with E-state index in [1.54, 1.807) is 0 Å². The lowest BCUT2D eigenvalue weighted by Gasteiger charge is -2.42. The Morgan fingerprint density at radius 1 is 1.09 bits per heavy atom. The highest BCUT2D eigenvalue weighted by molar-refractivity contribution is 5.21. The van der Waals surface area contributed by atoms with Crippen LogP contribution in [0.3, 0.4) is 0 Å². The summed E-state index contributed by atoms with van der Waals surface area (Å²) in [5.74, 6) is -0.0850. The van der Waals surface area contributed by atoms with Crippen molar-refractivity contribution in [3.8, 4) is 0 Å². The Labute approximate surface area is 133 Å². The van der Waals surface area contributed by atoms with Crippen molar-refractivity contribution in [1.29, 1.82) is 0 Å². The van der Waals surface area contributed by atoms with Gasteiger partial charge in [0.25, 0.3) is 0 Å². The summed E-state index contributed by atoms with van der Waals surface area (Å²) in [6.07, 6.45) is -1.44. The monoisotopic (exact) mass is 330 g/mol. The SMILES string of the molecule is OCC1=CC[C@@H]2C=CO[C@@H](O[C@H]3O[C@@H](CO)[C@H](O)[C@@H](O)[C@@H]3O)[C@H]12. The molecular weight excluding hydrogens is 308 g/mol. The van der Waals surface area contributed by atoms with Gasteiger partial charge in [-0.2, -0.15) is 0 Å². The van der Waals surface area contributed by atoms with Crippen LogP contribution in [0.25, 0.3) is 0 Å². The first-order valence-corrected chi connectivity index (χ1v) is 7.64. The lowest BCUT2D eigenvalue weighted by atomic mass is 9.89. The van der Waals surface area contributed by atoms with E-state index in [-0.39, 0.29) is 18.4 Å². The fraction of sp³-hybridized carbons (Fsp3) is 0.733. The fourth-order valence-corrected chi connectivity index (χ4v) is 3.33. The highest BCUT2D eigenvalue weighted by Gasteiger charge is 2.47. The molecule has 3 rings (SSSR count). The summed E-state index contributed by atoms with van der Waals surface area (Å²) >= 11 is 0. The van der Waals surface area contributed by atoms with Gasteiger partial charge in [-0.15, -0.1) is 0 Å². The van der Waals surface area contributed by atoms with Gasteiger partial charge in [0.2, 0.25) is 6.29 Å². The number of ether oxygens (including phenoxy) is 3. The normalized spacial score (nSPS) is 46.2. The second-order valence-electron chi connectivity index (χ2n) is 6.03. The van der Waals surface area contributed by atoms with Crippen molar-refractivity contribution in [2.45, 2.75) is 43.4 Å². The fourth-order valence-electron chi connectivity index (χ4n) is 3.33. The summed E-state index contributed by atoms with van der Waals surface area (Å²) < 4.78 is 16.4. The first-order valence-electron chi connectivity index (χ1n) is 7.64. The summed E-state index contributed by atoms with van der Waals surface area (Å²) in [5.41, 5.74) is 0.786. The predicted octanol–water partition coefficient (Wildman–Crippen LogP) is -1.77. The summed E-state index contributed by atoms with van der Waals surface area (Å²) in [6, 6.07) is 0. The second kappa shape index (κ2) is 6.86. The van der Waals surface area contributed by atoms with Crippen molar-refractivity contribution in [2.75, 3.05) is 13.2 Å². The predicted molar refractivity (Wildman–Crippen MR) is 75.6 cm³/mol. The molecule has 0 radical (unpaired) electrons. The number of hydrogen-bond acceptors (Lipinski definition) is 8. The van der Waals surface area contributed by atoms with Gasteiger partial charge in [-0.3, -0.25) is 0 Å². The molecule has 8 atom stereocenters. The molecule has 0 spiro atoms. The maximum atomic E-state index is 10.0. The molecule has 2 aliphatic heterocycles. The zero-order valence-electron chi connectivity index (χ0n) is 12.4. The van der Waals surface area contributed by atoms with Gasteiger partial charge in [-0.1, -0.05) is 6.08 Å². The topological polar surface area (TPSA) is 129 Å². The molecule has 8 heteroatoms. The molecule has 3 aliphatic rings. The molecule has 0 aromatic rings. The maximum Gasteiger partial charge on any atom is 0.208 e. The van der Waals surface area contributed by atoms with Gasteiger partial charge in [0.15, 0.2) is 6.29 Å². The highest BCUT2D eigenvalue weighted by Crippen LogP contribution is 2.40. The van der Waals surface area contributed by atoms with Crippen LogP contribution >= 0.6 is 0 Å². The Kier molecular flexibility index (Phi) is 5.02. The van der Waals surface area contributed by atoms with Crippen LogP contribution in [0.4, 0.5) is 0 Å². The molecule has 1 fully saturated rings. The van der Waals surface area contributed by atoms with Crippen LogP contribution in [0.1, 0.15) is 6.42 Å². The zero-order chi connectivity index (χ0) is 16.6. The molecule has 130 valence electrons. The van der Waals surface area contributed by atoms with Gasteiger partial charge < -0.3 is 39.7 Å². The highest BCUT2D eigenvalue weighted by atomic mass is 16.8. The first kappa shape index (κ1) is 16.8. The molecule has 0 amide bonds. The van der Waals surface area contributed by atoms with Crippen molar-refractivity contribution in [2.24, 2.45) is 11.8 Å².